The Morgan fingerprint density at radius 2 is 1.76 bits per heavy atom. The zero-order valence-corrected chi connectivity index (χ0v) is 11.7. The minimum absolute atomic E-state index is 0.0310. The van der Waals surface area contributed by atoms with Crippen molar-refractivity contribution in [3.63, 3.8) is 0 Å². The van der Waals surface area contributed by atoms with Crippen LogP contribution in [-0.4, -0.2) is 10.2 Å². The molecular weight excluding hydrogens is 252 g/mol. The molecule has 1 heterocycles. The fraction of sp³-hybridized carbons (Fsp3) is 0.385. The Balaban J connectivity index is 2.27. The van der Waals surface area contributed by atoms with Gasteiger partial charge in [-0.2, -0.15) is 0 Å². The summed E-state index contributed by atoms with van der Waals surface area (Å²) in [5.41, 5.74) is 1.09. The second kappa shape index (κ2) is 4.75. The first-order chi connectivity index (χ1) is 7.98. The second-order valence-corrected chi connectivity index (χ2v) is 6.41. The van der Waals surface area contributed by atoms with E-state index < -0.39 is 0 Å². The van der Waals surface area contributed by atoms with Crippen molar-refractivity contribution >= 4 is 22.9 Å². The lowest BCUT2D eigenvalue weighted by atomic mass is 9.98. The van der Waals surface area contributed by atoms with E-state index in [2.05, 4.69) is 31.0 Å². The molecule has 4 heteroatoms. The van der Waals surface area contributed by atoms with Gasteiger partial charge in [0, 0.05) is 5.41 Å². The summed E-state index contributed by atoms with van der Waals surface area (Å²) in [5.74, 6) is 0. The van der Waals surface area contributed by atoms with Gasteiger partial charge in [0.15, 0.2) is 0 Å². The fourth-order valence-electron chi connectivity index (χ4n) is 1.40. The Hall–Kier alpha value is -0.930. The lowest BCUT2D eigenvalue weighted by Gasteiger charge is -2.12. The van der Waals surface area contributed by atoms with Crippen molar-refractivity contribution in [2.24, 2.45) is 0 Å². The predicted octanol–water partition coefficient (Wildman–Crippen LogP) is 4.16. The molecule has 1 unspecified atom stereocenters. The lowest BCUT2D eigenvalue weighted by molar-refractivity contribution is 0.578. The molecule has 0 radical (unpaired) electrons. The molecule has 2 aromatic rings. The quantitative estimate of drug-likeness (QED) is 0.763. The molecule has 0 saturated heterocycles. The highest BCUT2D eigenvalue weighted by atomic mass is 35.5. The monoisotopic (exact) mass is 266 g/mol. The topological polar surface area (TPSA) is 25.8 Å². The van der Waals surface area contributed by atoms with Crippen LogP contribution in [0.3, 0.4) is 0 Å². The van der Waals surface area contributed by atoms with Crippen molar-refractivity contribution in [2.45, 2.75) is 31.6 Å². The van der Waals surface area contributed by atoms with E-state index in [-0.39, 0.29) is 10.8 Å². The van der Waals surface area contributed by atoms with Gasteiger partial charge in [-0.1, -0.05) is 62.4 Å². The van der Waals surface area contributed by atoms with E-state index in [9.17, 15) is 0 Å². The van der Waals surface area contributed by atoms with Crippen molar-refractivity contribution in [2.75, 3.05) is 0 Å². The first-order valence-electron chi connectivity index (χ1n) is 5.51. The highest BCUT2D eigenvalue weighted by Crippen LogP contribution is 2.34. The van der Waals surface area contributed by atoms with E-state index in [0.717, 1.165) is 15.6 Å². The predicted molar refractivity (Wildman–Crippen MR) is 72.7 cm³/mol. The highest BCUT2D eigenvalue weighted by molar-refractivity contribution is 7.11. The number of alkyl halides is 1. The minimum Gasteiger partial charge on any atom is -0.143 e. The SMILES string of the molecule is CC(C)(C)c1nnc(C(Cl)c2ccccc2)s1. The Kier molecular flexibility index (Phi) is 3.50. The van der Waals surface area contributed by atoms with Crippen LogP contribution in [0, 0.1) is 0 Å². The Morgan fingerprint density at radius 3 is 2.29 bits per heavy atom. The van der Waals surface area contributed by atoms with Crippen molar-refractivity contribution in [1.29, 1.82) is 0 Å². The molecule has 0 fully saturated rings. The van der Waals surface area contributed by atoms with Crippen LogP contribution in [0.1, 0.15) is 41.7 Å². The third kappa shape index (κ3) is 2.85. The molecule has 1 atom stereocenters. The first kappa shape index (κ1) is 12.5. The molecule has 0 aliphatic carbocycles. The highest BCUT2D eigenvalue weighted by Gasteiger charge is 2.22. The van der Waals surface area contributed by atoms with Gasteiger partial charge in [-0.3, -0.25) is 0 Å². The van der Waals surface area contributed by atoms with E-state index in [1.165, 1.54) is 0 Å². The molecule has 0 amide bonds. The van der Waals surface area contributed by atoms with Crippen molar-refractivity contribution < 1.29 is 0 Å². The van der Waals surface area contributed by atoms with Crippen molar-refractivity contribution in [1.82, 2.24) is 10.2 Å². The van der Waals surface area contributed by atoms with Crippen LogP contribution >= 0.6 is 22.9 Å². The summed E-state index contributed by atoms with van der Waals surface area (Å²) in [4.78, 5) is 0. The zero-order chi connectivity index (χ0) is 12.5. The normalized spacial score (nSPS) is 13.6. The molecule has 0 aliphatic heterocycles. The average molecular weight is 267 g/mol. The summed E-state index contributed by atoms with van der Waals surface area (Å²) in [6.07, 6.45) is 0. The molecular formula is C13H15ClN2S. The number of nitrogens with zero attached hydrogens (tertiary/aromatic N) is 2. The lowest BCUT2D eigenvalue weighted by Crippen LogP contribution is -2.10. The summed E-state index contributed by atoms with van der Waals surface area (Å²) in [6.45, 7) is 6.38. The summed E-state index contributed by atoms with van der Waals surface area (Å²) >= 11 is 7.99. The number of aromatic nitrogens is 2. The molecule has 2 nitrogen and oxygen atoms in total. The van der Waals surface area contributed by atoms with Crippen LogP contribution in [0.5, 0.6) is 0 Å². The third-order valence-electron chi connectivity index (χ3n) is 2.39. The van der Waals surface area contributed by atoms with E-state index >= 15 is 0 Å². The van der Waals surface area contributed by atoms with Crippen LogP contribution in [0.4, 0.5) is 0 Å². The van der Waals surface area contributed by atoms with Crippen molar-refractivity contribution in [3.05, 3.63) is 45.9 Å². The van der Waals surface area contributed by atoms with Crippen LogP contribution < -0.4 is 0 Å². The number of hydrogen-bond acceptors (Lipinski definition) is 3. The van der Waals surface area contributed by atoms with Gasteiger partial charge in [-0.15, -0.1) is 21.8 Å². The van der Waals surface area contributed by atoms with Crippen LogP contribution in [0.15, 0.2) is 30.3 Å². The molecule has 0 aliphatic rings. The van der Waals surface area contributed by atoms with Gasteiger partial charge in [0.25, 0.3) is 0 Å². The molecule has 90 valence electrons. The molecule has 17 heavy (non-hydrogen) atoms. The van der Waals surface area contributed by atoms with Crippen LogP contribution in [0.25, 0.3) is 0 Å². The van der Waals surface area contributed by atoms with Gasteiger partial charge in [0.05, 0.1) is 0 Å². The number of rotatable bonds is 2. The van der Waals surface area contributed by atoms with E-state index in [4.69, 9.17) is 11.6 Å². The maximum absolute atomic E-state index is 6.40. The molecule has 1 aromatic carbocycles. The van der Waals surface area contributed by atoms with Crippen LogP contribution in [-0.2, 0) is 5.41 Å². The van der Waals surface area contributed by atoms with Gasteiger partial charge in [0.2, 0.25) is 0 Å². The smallest absolute Gasteiger partial charge is 0.139 e. The fourth-order valence-corrected chi connectivity index (χ4v) is 2.63. The molecule has 0 N–H and O–H groups in total. The standard InChI is InChI=1S/C13H15ClN2S/c1-13(2,3)12-16-15-11(17-12)10(14)9-7-5-4-6-8-9/h4-8,10H,1-3H3. The van der Waals surface area contributed by atoms with Gasteiger partial charge < -0.3 is 0 Å². The van der Waals surface area contributed by atoms with Gasteiger partial charge in [-0.05, 0) is 5.56 Å². The maximum Gasteiger partial charge on any atom is 0.139 e. The summed E-state index contributed by atoms with van der Waals surface area (Å²) in [6, 6.07) is 9.96. The summed E-state index contributed by atoms with van der Waals surface area (Å²) in [7, 11) is 0. The maximum atomic E-state index is 6.40. The summed E-state index contributed by atoms with van der Waals surface area (Å²) < 4.78 is 0. The number of benzene rings is 1. The minimum atomic E-state index is -0.204. The number of halogens is 1. The molecule has 1 aromatic heterocycles. The molecule has 2 rings (SSSR count). The Labute approximate surface area is 111 Å². The molecule has 0 saturated carbocycles. The Morgan fingerprint density at radius 1 is 1.12 bits per heavy atom. The van der Waals surface area contributed by atoms with Gasteiger partial charge in [0.1, 0.15) is 15.4 Å². The van der Waals surface area contributed by atoms with Gasteiger partial charge in [-0.25, -0.2) is 0 Å². The Bertz CT molecular complexity index is 488. The van der Waals surface area contributed by atoms with Crippen LogP contribution in [0.2, 0.25) is 0 Å². The summed E-state index contributed by atoms with van der Waals surface area (Å²) in [5, 5.41) is 10.1. The van der Waals surface area contributed by atoms with Crippen molar-refractivity contribution in [3.8, 4) is 0 Å². The zero-order valence-electron chi connectivity index (χ0n) is 10.1. The third-order valence-corrected chi connectivity index (χ3v) is 4.39. The van der Waals surface area contributed by atoms with E-state index in [1.54, 1.807) is 11.3 Å². The van der Waals surface area contributed by atoms with E-state index in [0.29, 0.717) is 0 Å². The van der Waals surface area contributed by atoms with E-state index in [1.807, 2.05) is 30.3 Å². The second-order valence-electron chi connectivity index (χ2n) is 4.97. The van der Waals surface area contributed by atoms with Gasteiger partial charge >= 0.3 is 0 Å². The molecule has 0 spiro atoms. The largest absolute Gasteiger partial charge is 0.143 e. The number of hydrogen-bond donors (Lipinski definition) is 0. The first-order valence-corrected chi connectivity index (χ1v) is 6.76. The average Bonchev–Trinajstić information content (AvgIpc) is 2.78. The molecule has 0 bridgehead atoms.